The highest BCUT2D eigenvalue weighted by molar-refractivity contribution is 5.81. The molecule has 0 aromatic heterocycles. The maximum absolute atomic E-state index is 10.7. The second kappa shape index (κ2) is 8.21. The van der Waals surface area contributed by atoms with Gasteiger partial charge in [-0.2, -0.15) is 5.48 Å². The summed E-state index contributed by atoms with van der Waals surface area (Å²) in [4.78, 5) is 25.5. The lowest BCUT2D eigenvalue weighted by molar-refractivity contribution is -0.137. The third-order valence-electron chi connectivity index (χ3n) is 1.06. The Bertz CT molecular complexity index is 215. The van der Waals surface area contributed by atoms with E-state index in [1.807, 2.05) is 0 Å². The summed E-state index contributed by atoms with van der Waals surface area (Å²) >= 11 is 0. The van der Waals surface area contributed by atoms with Crippen molar-refractivity contribution in [3.63, 3.8) is 0 Å². The molecule has 14 heavy (non-hydrogen) atoms. The molecule has 6 nitrogen and oxygen atoms in total. The van der Waals surface area contributed by atoms with Crippen molar-refractivity contribution in [2.75, 3.05) is 19.8 Å². The number of hydrogen-bond donors (Lipinski definition) is 2. The number of carbonyl (C=O) groups is 2. The van der Waals surface area contributed by atoms with Crippen molar-refractivity contribution in [2.45, 2.75) is 6.92 Å². The SMILES string of the molecule is CCOC(=O)/C=C/CNOCC(N)=O. The van der Waals surface area contributed by atoms with Gasteiger partial charge in [0, 0.05) is 12.6 Å². The van der Waals surface area contributed by atoms with E-state index in [1.54, 1.807) is 6.92 Å². The predicted octanol–water partition coefficient (Wildman–Crippen LogP) is -0.888. The standard InChI is InChI=1S/C8H14N2O4/c1-2-13-8(12)4-3-5-10-14-6-7(9)11/h3-4,10H,2,5-6H2,1H3,(H2,9,11)/b4-3+. The lowest BCUT2D eigenvalue weighted by atomic mass is 10.5. The van der Waals surface area contributed by atoms with Gasteiger partial charge in [-0.25, -0.2) is 4.79 Å². The summed E-state index contributed by atoms with van der Waals surface area (Å²) in [5.41, 5.74) is 7.22. The monoisotopic (exact) mass is 202 g/mol. The average molecular weight is 202 g/mol. The Hall–Kier alpha value is -1.40. The molecular weight excluding hydrogens is 188 g/mol. The number of nitrogens with two attached hydrogens (primary N) is 1. The molecule has 0 saturated heterocycles. The highest BCUT2D eigenvalue weighted by Gasteiger charge is 1.93. The van der Waals surface area contributed by atoms with Crippen LogP contribution in [-0.2, 0) is 19.2 Å². The molecule has 80 valence electrons. The van der Waals surface area contributed by atoms with Crippen LogP contribution in [0.1, 0.15) is 6.92 Å². The molecule has 0 rings (SSSR count). The molecule has 0 aliphatic heterocycles. The van der Waals surface area contributed by atoms with Crippen LogP contribution in [0, 0.1) is 0 Å². The number of primary amides is 1. The molecule has 0 saturated carbocycles. The van der Waals surface area contributed by atoms with E-state index in [2.05, 4.69) is 15.1 Å². The Balaban J connectivity index is 3.35. The summed E-state index contributed by atoms with van der Waals surface area (Å²) in [6.07, 6.45) is 2.78. The van der Waals surface area contributed by atoms with Crippen LogP contribution >= 0.6 is 0 Å². The lowest BCUT2D eigenvalue weighted by Gasteiger charge is -1.99. The minimum absolute atomic E-state index is 0.201. The Morgan fingerprint density at radius 2 is 2.21 bits per heavy atom. The van der Waals surface area contributed by atoms with Gasteiger partial charge in [-0.1, -0.05) is 6.08 Å². The first kappa shape index (κ1) is 12.6. The van der Waals surface area contributed by atoms with Gasteiger partial charge in [-0.15, -0.1) is 0 Å². The summed E-state index contributed by atoms with van der Waals surface area (Å²) in [7, 11) is 0. The molecular formula is C8H14N2O4. The second-order valence-electron chi connectivity index (χ2n) is 2.26. The Labute approximate surface area is 82.0 Å². The number of esters is 1. The largest absolute Gasteiger partial charge is 0.463 e. The third-order valence-corrected chi connectivity index (χ3v) is 1.06. The normalized spacial score (nSPS) is 10.4. The van der Waals surface area contributed by atoms with Gasteiger partial charge in [0.2, 0.25) is 5.91 Å². The number of ether oxygens (including phenoxy) is 1. The van der Waals surface area contributed by atoms with E-state index in [4.69, 9.17) is 5.73 Å². The van der Waals surface area contributed by atoms with Crippen LogP contribution in [-0.4, -0.2) is 31.6 Å². The van der Waals surface area contributed by atoms with Gasteiger partial charge in [0.25, 0.3) is 0 Å². The predicted molar refractivity (Wildman–Crippen MR) is 48.9 cm³/mol. The van der Waals surface area contributed by atoms with E-state index in [0.29, 0.717) is 13.2 Å². The first-order valence-corrected chi connectivity index (χ1v) is 4.13. The van der Waals surface area contributed by atoms with Gasteiger partial charge in [0.1, 0.15) is 6.61 Å². The summed E-state index contributed by atoms with van der Waals surface area (Å²) in [6.45, 7) is 2.16. The molecule has 0 aromatic rings. The highest BCUT2D eigenvalue weighted by atomic mass is 16.6. The van der Waals surface area contributed by atoms with Crippen LogP contribution in [0.15, 0.2) is 12.2 Å². The van der Waals surface area contributed by atoms with Crippen molar-refractivity contribution in [1.29, 1.82) is 0 Å². The van der Waals surface area contributed by atoms with Crippen LogP contribution in [0.2, 0.25) is 0 Å². The highest BCUT2D eigenvalue weighted by Crippen LogP contribution is 1.80. The van der Waals surface area contributed by atoms with E-state index in [-0.39, 0.29) is 6.61 Å². The first-order chi connectivity index (χ1) is 6.66. The number of nitrogens with one attached hydrogen (secondary N) is 1. The van der Waals surface area contributed by atoms with Crippen molar-refractivity contribution in [3.05, 3.63) is 12.2 Å². The molecule has 1 amide bonds. The summed E-state index contributed by atoms with van der Waals surface area (Å²) in [5.74, 6) is -0.976. The molecule has 3 N–H and O–H groups in total. The first-order valence-electron chi connectivity index (χ1n) is 4.13. The zero-order valence-electron chi connectivity index (χ0n) is 7.99. The van der Waals surface area contributed by atoms with E-state index < -0.39 is 11.9 Å². The fourth-order valence-electron chi connectivity index (χ4n) is 0.575. The van der Waals surface area contributed by atoms with Crippen LogP contribution in [0.25, 0.3) is 0 Å². The molecule has 0 atom stereocenters. The number of rotatable bonds is 7. The van der Waals surface area contributed by atoms with Gasteiger partial charge in [-0.3, -0.25) is 9.63 Å². The Kier molecular flexibility index (Phi) is 7.39. The summed E-state index contributed by atoms with van der Waals surface area (Å²) in [6, 6.07) is 0. The number of carbonyl (C=O) groups excluding carboxylic acids is 2. The van der Waals surface area contributed by atoms with Gasteiger partial charge in [-0.05, 0) is 6.92 Å². The molecule has 0 spiro atoms. The molecule has 6 heteroatoms. The van der Waals surface area contributed by atoms with Crippen molar-refractivity contribution in [3.8, 4) is 0 Å². The number of amides is 1. The van der Waals surface area contributed by atoms with E-state index in [1.165, 1.54) is 12.2 Å². The Morgan fingerprint density at radius 1 is 1.50 bits per heavy atom. The lowest BCUT2D eigenvalue weighted by Crippen LogP contribution is -2.24. The van der Waals surface area contributed by atoms with Gasteiger partial charge < -0.3 is 10.5 Å². The van der Waals surface area contributed by atoms with Crippen molar-refractivity contribution in [1.82, 2.24) is 5.48 Å². The summed E-state index contributed by atoms with van der Waals surface area (Å²) < 4.78 is 4.62. The zero-order valence-corrected chi connectivity index (χ0v) is 7.99. The van der Waals surface area contributed by atoms with E-state index in [0.717, 1.165) is 0 Å². The van der Waals surface area contributed by atoms with Crippen LogP contribution in [0.4, 0.5) is 0 Å². The topological polar surface area (TPSA) is 90.7 Å². The summed E-state index contributed by atoms with van der Waals surface area (Å²) in [5, 5.41) is 0. The molecule has 0 unspecified atom stereocenters. The van der Waals surface area contributed by atoms with Crippen molar-refractivity contribution >= 4 is 11.9 Å². The number of hydrogen-bond acceptors (Lipinski definition) is 5. The molecule has 0 bridgehead atoms. The molecule has 0 aliphatic rings. The van der Waals surface area contributed by atoms with Crippen LogP contribution < -0.4 is 11.2 Å². The Morgan fingerprint density at radius 3 is 2.79 bits per heavy atom. The smallest absolute Gasteiger partial charge is 0.330 e. The van der Waals surface area contributed by atoms with Crippen molar-refractivity contribution in [2.24, 2.45) is 5.73 Å². The zero-order chi connectivity index (χ0) is 10.8. The molecule has 0 heterocycles. The fourth-order valence-corrected chi connectivity index (χ4v) is 0.575. The molecule has 0 aliphatic carbocycles. The molecule has 0 radical (unpaired) electrons. The number of hydroxylamine groups is 1. The van der Waals surface area contributed by atoms with Crippen LogP contribution in [0.3, 0.4) is 0 Å². The fraction of sp³-hybridized carbons (Fsp3) is 0.500. The minimum atomic E-state index is -0.563. The van der Waals surface area contributed by atoms with E-state index >= 15 is 0 Å². The quantitative estimate of drug-likeness (QED) is 0.242. The maximum atomic E-state index is 10.7. The van der Waals surface area contributed by atoms with E-state index in [9.17, 15) is 9.59 Å². The van der Waals surface area contributed by atoms with Gasteiger partial charge in [0.15, 0.2) is 0 Å². The minimum Gasteiger partial charge on any atom is -0.463 e. The average Bonchev–Trinajstić information content (AvgIpc) is 2.11. The maximum Gasteiger partial charge on any atom is 0.330 e. The second-order valence-corrected chi connectivity index (χ2v) is 2.26. The molecule has 0 aromatic carbocycles. The van der Waals surface area contributed by atoms with Gasteiger partial charge >= 0.3 is 5.97 Å². The third kappa shape index (κ3) is 8.69. The molecule has 0 fully saturated rings. The van der Waals surface area contributed by atoms with Crippen LogP contribution in [0.5, 0.6) is 0 Å². The van der Waals surface area contributed by atoms with Gasteiger partial charge in [0.05, 0.1) is 6.61 Å². The van der Waals surface area contributed by atoms with Crippen molar-refractivity contribution < 1.29 is 19.2 Å².